The molecule has 0 spiro atoms. The summed E-state index contributed by atoms with van der Waals surface area (Å²) in [4.78, 5) is 15.8. The van der Waals surface area contributed by atoms with E-state index in [0.29, 0.717) is 11.7 Å². The monoisotopic (exact) mass is 313 g/mol. The molecule has 1 saturated carbocycles. The van der Waals surface area contributed by atoms with Crippen LogP contribution in [0.2, 0.25) is 0 Å². The normalized spacial score (nSPS) is 21.4. The highest BCUT2D eigenvalue weighted by Crippen LogP contribution is 2.33. The van der Waals surface area contributed by atoms with Crippen molar-refractivity contribution < 1.29 is 4.74 Å². The van der Waals surface area contributed by atoms with E-state index < -0.39 is 0 Å². The number of rotatable bonds is 5. The van der Waals surface area contributed by atoms with Gasteiger partial charge in [0.1, 0.15) is 5.82 Å². The average molecular weight is 313 g/mol. The minimum atomic E-state index is 0.461. The van der Waals surface area contributed by atoms with E-state index >= 15 is 0 Å². The Labute approximate surface area is 136 Å². The van der Waals surface area contributed by atoms with E-state index in [1.807, 2.05) is 6.20 Å². The van der Waals surface area contributed by atoms with Gasteiger partial charge in [0.2, 0.25) is 5.95 Å². The molecule has 0 N–H and O–H groups in total. The summed E-state index contributed by atoms with van der Waals surface area (Å²) < 4.78 is 7.50. The van der Waals surface area contributed by atoms with Crippen LogP contribution in [0.15, 0.2) is 24.8 Å². The molecule has 23 heavy (non-hydrogen) atoms. The van der Waals surface area contributed by atoms with E-state index in [-0.39, 0.29) is 0 Å². The maximum atomic E-state index is 5.14. The fraction of sp³-hybridized carbons (Fsp3) is 0.588. The van der Waals surface area contributed by atoms with E-state index in [2.05, 4.69) is 30.6 Å². The lowest BCUT2D eigenvalue weighted by Crippen LogP contribution is -2.36. The SMILES string of the molecule is COc1cnc(N2CCC[C@@H](c3nccn3CC3CC3)C2)nc1. The molecule has 0 amide bonds. The zero-order valence-corrected chi connectivity index (χ0v) is 13.6. The Morgan fingerprint density at radius 2 is 2.00 bits per heavy atom. The molecule has 2 fully saturated rings. The third kappa shape index (κ3) is 3.16. The largest absolute Gasteiger partial charge is 0.494 e. The van der Waals surface area contributed by atoms with E-state index in [4.69, 9.17) is 4.74 Å². The van der Waals surface area contributed by atoms with Crippen molar-refractivity contribution in [3.8, 4) is 5.75 Å². The van der Waals surface area contributed by atoms with E-state index in [1.54, 1.807) is 19.5 Å². The number of anilines is 1. The number of aromatic nitrogens is 4. The fourth-order valence-electron chi connectivity index (χ4n) is 3.36. The zero-order valence-electron chi connectivity index (χ0n) is 13.6. The molecular formula is C17H23N5O. The Kier molecular flexibility index (Phi) is 3.89. The summed E-state index contributed by atoms with van der Waals surface area (Å²) in [5.74, 6) is 4.05. The summed E-state index contributed by atoms with van der Waals surface area (Å²) in [6, 6.07) is 0. The van der Waals surface area contributed by atoms with Crippen LogP contribution >= 0.6 is 0 Å². The molecule has 2 aromatic rings. The van der Waals surface area contributed by atoms with Gasteiger partial charge in [0.15, 0.2) is 5.75 Å². The third-order valence-corrected chi connectivity index (χ3v) is 4.82. The molecule has 6 heteroatoms. The highest BCUT2D eigenvalue weighted by molar-refractivity contribution is 5.33. The quantitative estimate of drug-likeness (QED) is 0.849. The third-order valence-electron chi connectivity index (χ3n) is 4.82. The van der Waals surface area contributed by atoms with Crippen LogP contribution in [0.5, 0.6) is 5.75 Å². The minimum absolute atomic E-state index is 0.461. The second-order valence-corrected chi connectivity index (χ2v) is 6.59. The van der Waals surface area contributed by atoms with Crippen molar-refractivity contribution in [1.82, 2.24) is 19.5 Å². The van der Waals surface area contributed by atoms with Crippen molar-refractivity contribution in [2.24, 2.45) is 5.92 Å². The molecule has 2 aliphatic rings. The van der Waals surface area contributed by atoms with Gasteiger partial charge in [-0.1, -0.05) is 0 Å². The molecule has 1 aliphatic carbocycles. The average Bonchev–Trinajstić information content (AvgIpc) is 3.30. The van der Waals surface area contributed by atoms with E-state index in [0.717, 1.165) is 37.9 Å². The van der Waals surface area contributed by atoms with Crippen LogP contribution in [0.4, 0.5) is 5.95 Å². The first-order valence-corrected chi connectivity index (χ1v) is 8.45. The molecule has 3 heterocycles. The molecule has 0 bridgehead atoms. The van der Waals surface area contributed by atoms with Crippen molar-refractivity contribution in [1.29, 1.82) is 0 Å². The van der Waals surface area contributed by atoms with Crippen LogP contribution in [-0.2, 0) is 6.54 Å². The Hall–Kier alpha value is -2.11. The Morgan fingerprint density at radius 1 is 1.17 bits per heavy atom. The highest BCUT2D eigenvalue weighted by Gasteiger charge is 2.28. The number of hydrogen-bond donors (Lipinski definition) is 0. The Morgan fingerprint density at radius 3 is 2.74 bits per heavy atom. The molecule has 1 saturated heterocycles. The summed E-state index contributed by atoms with van der Waals surface area (Å²) in [6.07, 6.45) is 12.6. The number of piperidine rings is 1. The molecule has 122 valence electrons. The predicted molar refractivity (Wildman–Crippen MR) is 87.7 cm³/mol. The van der Waals surface area contributed by atoms with Gasteiger partial charge in [0, 0.05) is 37.9 Å². The van der Waals surface area contributed by atoms with Gasteiger partial charge >= 0.3 is 0 Å². The zero-order chi connectivity index (χ0) is 15.6. The van der Waals surface area contributed by atoms with Gasteiger partial charge in [-0.3, -0.25) is 0 Å². The molecule has 1 atom stereocenters. The molecule has 0 unspecified atom stereocenters. The smallest absolute Gasteiger partial charge is 0.225 e. The van der Waals surface area contributed by atoms with Crippen molar-refractivity contribution in [2.45, 2.75) is 38.1 Å². The minimum Gasteiger partial charge on any atom is -0.494 e. The molecule has 0 aromatic carbocycles. The Balaban J connectivity index is 1.48. The first-order chi connectivity index (χ1) is 11.3. The Bertz CT molecular complexity index is 649. The van der Waals surface area contributed by atoms with Crippen LogP contribution in [-0.4, -0.2) is 39.7 Å². The van der Waals surface area contributed by atoms with Gasteiger partial charge in [-0.2, -0.15) is 0 Å². The maximum Gasteiger partial charge on any atom is 0.225 e. The van der Waals surface area contributed by atoms with Gasteiger partial charge < -0.3 is 14.2 Å². The lowest BCUT2D eigenvalue weighted by molar-refractivity contribution is 0.409. The maximum absolute atomic E-state index is 5.14. The first-order valence-electron chi connectivity index (χ1n) is 8.45. The van der Waals surface area contributed by atoms with Crippen LogP contribution in [0.25, 0.3) is 0 Å². The van der Waals surface area contributed by atoms with Crippen LogP contribution in [0.3, 0.4) is 0 Å². The first kappa shape index (κ1) is 14.5. The van der Waals surface area contributed by atoms with Crippen molar-refractivity contribution in [2.75, 3.05) is 25.1 Å². The molecule has 1 aliphatic heterocycles. The van der Waals surface area contributed by atoms with Gasteiger partial charge in [-0.15, -0.1) is 0 Å². The predicted octanol–water partition coefficient (Wildman–Crippen LogP) is 2.48. The van der Waals surface area contributed by atoms with Gasteiger partial charge in [0.25, 0.3) is 0 Å². The van der Waals surface area contributed by atoms with Crippen LogP contribution < -0.4 is 9.64 Å². The van der Waals surface area contributed by atoms with Crippen LogP contribution in [0.1, 0.15) is 37.4 Å². The number of nitrogens with zero attached hydrogens (tertiary/aromatic N) is 5. The fourth-order valence-corrected chi connectivity index (χ4v) is 3.36. The number of ether oxygens (including phenoxy) is 1. The van der Waals surface area contributed by atoms with Crippen molar-refractivity contribution in [3.63, 3.8) is 0 Å². The topological polar surface area (TPSA) is 56.1 Å². The summed E-state index contributed by atoms with van der Waals surface area (Å²) in [5, 5.41) is 0. The van der Waals surface area contributed by atoms with E-state index in [9.17, 15) is 0 Å². The molecular weight excluding hydrogens is 290 g/mol. The lowest BCUT2D eigenvalue weighted by Gasteiger charge is -2.32. The molecule has 0 radical (unpaired) electrons. The lowest BCUT2D eigenvalue weighted by atomic mass is 9.97. The van der Waals surface area contributed by atoms with Gasteiger partial charge in [-0.25, -0.2) is 15.0 Å². The second-order valence-electron chi connectivity index (χ2n) is 6.59. The number of hydrogen-bond acceptors (Lipinski definition) is 5. The highest BCUT2D eigenvalue weighted by atomic mass is 16.5. The molecule has 4 rings (SSSR count). The summed E-state index contributed by atoms with van der Waals surface area (Å²) in [7, 11) is 1.63. The molecule has 2 aromatic heterocycles. The molecule has 6 nitrogen and oxygen atoms in total. The van der Waals surface area contributed by atoms with Crippen molar-refractivity contribution >= 4 is 5.95 Å². The summed E-state index contributed by atoms with van der Waals surface area (Å²) >= 11 is 0. The summed E-state index contributed by atoms with van der Waals surface area (Å²) in [6.45, 7) is 3.07. The standard InChI is InChI=1S/C17H23N5O/c1-23-15-9-19-17(20-10-15)22-7-2-3-14(12-22)16-18-6-8-21(16)11-13-4-5-13/h6,8-10,13-14H,2-5,7,11-12H2,1H3/t14-/m1/s1. The van der Waals surface area contributed by atoms with E-state index in [1.165, 1.54) is 25.1 Å². The van der Waals surface area contributed by atoms with Crippen LogP contribution in [0, 0.1) is 5.92 Å². The number of imidazole rings is 1. The number of methoxy groups -OCH3 is 1. The summed E-state index contributed by atoms with van der Waals surface area (Å²) in [5.41, 5.74) is 0. The second kappa shape index (κ2) is 6.18. The van der Waals surface area contributed by atoms with Crippen molar-refractivity contribution in [3.05, 3.63) is 30.6 Å². The van der Waals surface area contributed by atoms with Gasteiger partial charge in [0.05, 0.1) is 19.5 Å². The van der Waals surface area contributed by atoms with Gasteiger partial charge in [-0.05, 0) is 31.6 Å².